The first-order valence-electron chi connectivity index (χ1n) is 11.9. The summed E-state index contributed by atoms with van der Waals surface area (Å²) in [5.74, 6) is -1.50. The number of anilines is 1. The van der Waals surface area contributed by atoms with E-state index in [1.807, 2.05) is 6.07 Å². The van der Waals surface area contributed by atoms with Crippen molar-refractivity contribution in [2.45, 2.75) is 50.2 Å². The Balaban J connectivity index is 1.47. The molecule has 1 heterocycles. The van der Waals surface area contributed by atoms with Crippen molar-refractivity contribution < 1.29 is 18.7 Å². The minimum atomic E-state index is -1.05. The average molecular weight is 469 g/mol. The fraction of sp³-hybridized carbons (Fsp3) is 0.462. The molecule has 0 atom stereocenters. The first-order valence-corrected chi connectivity index (χ1v) is 11.9. The monoisotopic (exact) mass is 468 g/mol. The maximum Gasteiger partial charge on any atom is 0.322 e. The Morgan fingerprint density at radius 1 is 1.15 bits per heavy atom. The Kier molecular flexibility index (Phi) is 7.44. The standard InChI is InChI=1S/C26H30F2N4O2/c27-21-15-22(28)17-23(16-21)30-25(33)32(13-12-31-10-1-2-11-31)24-6-8-26(34,9-7-24)20-5-3-4-19(14-20)18-29/h3-5,14-17,24,34H,1-2,6-13H2,(H,30,33)/t24-,26-. The van der Waals surface area contributed by atoms with Gasteiger partial charge in [0.15, 0.2) is 0 Å². The number of urea groups is 1. The summed E-state index contributed by atoms with van der Waals surface area (Å²) in [4.78, 5) is 17.3. The molecule has 1 saturated carbocycles. The SMILES string of the molecule is N#Cc1cccc([C@]2(O)CC[C@H](N(CCN3CCCC3)C(=O)Nc3cc(F)cc(F)c3)CC2)c1. The molecule has 2 amide bonds. The molecule has 0 bridgehead atoms. The number of amides is 2. The van der Waals surface area contributed by atoms with Crippen molar-refractivity contribution in [1.29, 1.82) is 5.26 Å². The minimum Gasteiger partial charge on any atom is -0.385 e. The number of aliphatic hydroxyl groups is 1. The van der Waals surface area contributed by atoms with Crippen molar-refractivity contribution >= 4 is 11.7 Å². The van der Waals surface area contributed by atoms with E-state index < -0.39 is 23.3 Å². The molecule has 0 aromatic heterocycles. The molecule has 1 saturated heterocycles. The van der Waals surface area contributed by atoms with Crippen molar-refractivity contribution in [3.05, 3.63) is 65.2 Å². The van der Waals surface area contributed by atoms with Crippen molar-refractivity contribution in [2.24, 2.45) is 0 Å². The molecule has 0 spiro atoms. The van der Waals surface area contributed by atoms with Crippen LogP contribution in [0.5, 0.6) is 0 Å². The molecule has 180 valence electrons. The van der Waals surface area contributed by atoms with Gasteiger partial charge >= 0.3 is 6.03 Å². The van der Waals surface area contributed by atoms with Crippen LogP contribution in [-0.4, -0.2) is 53.2 Å². The van der Waals surface area contributed by atoms with Crippen LogP contribution in [0.4, 0.5) is 19.3 Å². The zero-order valence-electron chi connectivity index (χ0n) is 19.1. The number of nitriles is 1. The largest absolute Gasteiger partial charge is 0.385 e. The summed E-state index contributed by atoms with van der Waals surface area (Å²) in [6.45, 7) is 3.24. The summed E-state index contributed by atoms with van der Waals surface area (Å²) in [5.41, 5.74) is 0.246. The number of halogens is 2. The first kappa shape index (κ1) is 24.1. The van der Waals surface area contributed by atoms with Gasteiger partial charge in [0.25, 0.3) is 0 Å². The Morgan fingerprint density at radius 3 is 2.47 bits per heavy atom. The van der Waals surface area contributed by atoms with Crippen LogP contribution in [0.2, 0.25) is 0 Å². The number of nitrogens with zero attached hydrogens (tertiary/aromatic N) is 3. The lowest BCUT2D eigenvalue weighted by Gasteiger charge is -2.41. The number of carbonyl (C=O) groups excluding carboxylic acids is 1. The molecule has 1 aliphatic carbocycles. The van der Waals surface area contributed by atoms with Crippen LogP contribution in [0.25, 0.3) is 0 Å². The molecule has 2 fully saturated rings. The van der Waals surface area contributed by atoms with E-state index in [4.69, 9.17) is 0 Å². The van der Waals surface area contributed by atoms with E-state index in [1.165, 1.54) is 0 Å². The van der Waals surface area contributed by atoms with Gasteiger partial charge in [-0.1, -0.05) is 12.1 Å². The lowest BCUT2D eigenvalue weighted by Crippen LogP contribution is -2.49. The Hall–Kier alpha value is -3.02. The average Bonchev–Trinajstić information content (AvgIpc) is 3.33. The molecule has 34 heavy (non-hydrogen) atoms. The zero-order chi connectivity index (χ0) is 24.1. The Bertz CT molecular complexity index is 1040. The molecule has 2 N–H and O–H groups in total. The topological polar surface area (TPSA) is 79.6 Å². The number of carbonyl (C=O) groups is 1. The highest BCUT2D eigenvalue weighted by Gasteiger charge is 2.38. The van der Waals surface area contributed by atoms with Crippen LogP contribution in [-0.2, 0) is 5.60 Å². The molecule has 8 heteroatoms. The van der Waals surface area contributed by atoms with Crippen molar-refractivity contribution in [3.8, 4) is 6.07 Å². The summed E-state index contributed by atoms with van der Waals surface area (Å²) in [6.07, 6.45) is 4.36. The van der Waals surface area contributed by atoms with Gasteiger partial charge in [-0.05, 0) is 81.4 Å². The van der Waals surface area contributed by atoms with E-state index in [1.54, 1.807) is 23.1 Å². The van der Waals surface area contributed by atoms with Gasteiger partial charge in [0.05, 0.1) is 17.2 Å². The molecule has 2 aliphatic rings. The van der Waals surface area contributed by atoms with Gasteiger partial charge in [-0.15, -0.1) is 0 Å². The van der Waals surface area contributed by atoms with Crippen LogP contribution < -0.4 is 5.32 Å². The molecule has 0 unspecified atom stereocenters. The summed E-state index contributed by atoms with van der Waals surface area (Å²) >= 11 is 0. The Morgan fingerprint density at radius 2 is 1.82 bits per heavy atom. The van der Waals surface area contributed by atoms with Gasteiger partial charge in [-0.3, -0.25) is 0 Å². The van der Waals surface area contributed by atoms with Gasteiger partial charge in [-0.2, -0.15) is 5.26 Å². The number of nitrogens with one attached hydrogen (secondary N) is 1. The maximum atomic E-state index is 13.6. The smallest absolute Gasteiger partial charge is 0.322 e. The number of hydrogen-bond acceptors (Lipinski definition) is 4. The van der Waals surface area contributed by atoms with Gasteiger partial charge in [-0.25, -0.2) is 13.6 Å². The Labute approximate surface area is 198 Å². The molecular weight excluding hydrogens is 438 g/mol. The third kappa shape index (κ3) is 5.72. The van der Waals surface area contributed by atoms with E-state index in [9.17, 15) is 23.9 Å². The quantitative estimate of drug-likeness (QED) is 0.650. The summed E-state index contributed by atoms with van der Waals surface area (Å²) < 4.78 is 27.3. The molecule has 4 rings (SSSR count). The third-order valence-electron chi connectivity index (χ3n) is 6.98. The maximum absolute atomic E-state index is 13.6. The van der Waals surface area contributed by atoms with Gasteiger partial charge < -0.3 is 20.2 Å². The normalized spacial score (nSPS) is 22.8. The molecule has 6 nitrogen and oxygen atoms in total. The fourth-order valence-corrected chi connectivity index (χ4v) is 5.09. The van der Waals surface area contributed by atoms with Gasteiger partial charge in [0, 0.05) is 30.9 Å². The lowest BCUT2D eigenvalue weighted by atomic mass is 9.77. The summed E-state index contributed by atoms with van der Waals surface area (Å²) in [5, 5.41) is 23.1. The fourth-order valence-electron chi connectivity index (χ4n) is 5.09. The lowest BCUT2D eigenvalue weighted by molar-refractivity contribution is -0.0198. The number of hydrogen-bond donors (Lipinski definition) is 2. The van der Waals surface area contributed by atoms with Gasteiger partial charge in [0.1, 0.15) is 11.6 Å². The van der Waals surface area contributed by atoms with E-state index in [-0.39, 0.29) is 11.7 Å². The highest BCUT2D eigenvalue weighted by atomic mass is 19.1. The third-order valence-corrected chi connectivity index (χ3v) is 6.98. The first-order chi connectivity index (χ1) is 16.4. The van der Waals surface area contributed by atoms with Crippen LogP contribution in [0.1, 0.15) is 49.7 Å². The second-order valence-electron chi connectivity index (χ2n) is 9.29. The van der Waals surface area contributed by atoms with Crippen molar-refractivity contribution in [2.75, 3.05) is 31.5 Å². The minimum absolute atomic E-state index is 0.0781. The predicted molar refractivity (Wildman–Crippen MR) is 125 cm³/mol. The highest BCUT2D eigenvalue weighted by Crippen LogP contribution is 2.39. The van der Waals surface area contributed by atoms with E-state index >= 15 is 0 Å². The van der Waals surface area contributed by atoms with Crippen LogP contribution in [0.3, 0.4) is 0 Å². The highest BCUT2D eigenvalue weighted by molar-refractivity contribution is 5.89. The molecule has 1 aliphatic heterocycles. The number of rotatable bonds is 6. The zero-order valence-corrected chi connectivity index (χ0v) is 19.1. The number of benzene rings is 2. The van der Waals surface area contributed by atoms with Crippen molar-refractivity contribution in [3.63, 3.8) is 0 Å². The van der Waals surface area contributed by atoms with E-state index in [2.05, 4.69) is 16.3 Å². The van der Waals surface area contributed by atoms with Gasteiger partial charge in [0.2, 0.25) is 0 Å². The number of likely N-dealkylation sites (tertiary alicyclic amines) is 1. The molecular formula is C26H30F2N4O2. The summed E-state index contributed by atoms with van der Waals surface area (Å²) in [6, 6.07) is 11.6. The molecule has 2 aromatic rings. The van der Waals surface area contributed by atoms with E-state index in [0.29, 0.717) is 43.4 Å². The van der Waals surface area contributed by atoms with Crippen LogP contribution in [0, 0.1) is 23.0 Å². The molecule has 0 radical (unpaired) electrons. The summed E-state index contributed by atoms with van der Waals surface area (Å²) in [7, 11) is 0. The van der Waals surface area contributed by atoms with E-state index in [0.717, 1.165) is 50.7 Å². The van der Waals surface area contributed by atoms with Crippen LogP contribution >= 0.6 is 0 Å². The van der Waals surface area contributed by atoms with Crippen molar-refractivity contribution in [1.82, 2.24) is 9.80 Å². The second kappa shape index (κ2) is 10.5. The van der Waals surface area contributed by atoms with Crippen LogP contribution in [0.15, 0.2) is 42.5 Å². The second-order valence-corrected chi connectivity index (χ2v) is 9.29. The molecule has 2 aromatic carbocycles. The predicted octanol–water partition coefficient (Wildman–Crippen LogP) is 4.60.